The Balaban J connectivity index is 2.12. The molecule has 2 N–H and O–H groups in total. The van der Waals surface area contributed by atoms with Gasteiger partial charge in [0, 0.05) is 6.04 Å². The third kappa shape index (κ3) is 3.15. The van der Waals surface area contributed by atoms with E-state index in [0.717, 1.165) is 0 Å². The molecule has 2 atom stereocenters. The Kier molecular flexibility index (Phi) is 4.06. The molecule has 1 aromatic rings. The Hall–Kier alpha value is -1.91. The summed E-state index contributed by atoms with van der Waals surface area (Å²) < 4.78 is 26.8. The van der Waals surface area contributed by atoms with E-state index in [2.05, 4.69) is 4.72 Å². The molecule has 0 aliphatic heterocycles. The smallest absolute Gasteiger partial charge is 0.306 e. The van der Waals surface area contributed by atoms with Gasteiger partial charge in [0.05, 0.1) is 22.4 Å². The number of carboxylic acids is 1. The van der Waals surface area contributed by atoms with Gasteiger partial charge in [0.15, 0.2) is 0 Å². The Labute approximate surface area is 117 Å². The first kappa shape index (κ1) is 14.5. The lowest BCUT2D eigenvalue weighted by Gasteiger charge is -2.13. The van der Waals surface area contributed by atoms with Crippen LogP contribution in [0.4, 0.5) is 0 Å². The molecule has 6 nitrogen and oxygen atoms in total. The van der Waals surface area contributed by atoms with E-state index in [1.807, 2.05) is 6.07 Å². The van der Waals surface area contributed by atoms with Crippen molar-refractivity contribution in [1.29, 1.82) is 5.26 Å². The maximum absolute atomic E-state index is 12.2. The minimum Gasteiger partial charge on any atom is -0.481 e. The highest BCUT2D eigenvalue weighted by molar-refractivity contribution is 7.89. The third-order valence-corrected chi connectivity index (χ3v) is 4.90. The Morgan fingerprint density at radius 3 is 2.75 bits per heavy atom. The Bertz CT molecular complexity index is 663. The fraction of sp³-hybridized carbons (Fsp3) is 0.385. The number of aliphatic carboxylic acids is 1. The van der Waals surface area contributed by atoms with Crippen LogP contribution in [0.5, 0.6) is 0 Å². The van der Waals surface area contributed by atoms with Gasteiger partial charge in [0.25, 0.3) is 0 Å². The second-order valence-corrected chi connectivity index (χ2v) is 6.52. The molecule has 0 radical (unpaired) electrons. The molecule has 0 spiro atoms. The van der Waals surface area contributed by atoms with Gasteiger partial charge in [-0.2, -0.15) is 5.26 Å². The topological polar surface area (TPSA) is 107 Å². The van der Waals surface area contributed by atoms with Crippen molar-refractivity contribution in [1.82, 2.24) is 4.72 Å². The molecule has 1 aromatic carbocycles. The lowest BCUT2D eigenvalue weighted by Crippen LogP contribution is -2.33. The van der Waals surface area contributed by atoms with Gasteiger partial charge in [-0.25, -0.2) is 13.1 Å². The van der Waals surface area contributed by atoms with Crippen LogP contribution in [0.15, 0.2) is 29.2 Å². The van der Waals surface area contributed by atoms with Crippen LogP contribution in [0, 0.1) is 17.2 Å². The van der Waals surface area contributed by atoms with E-state index in [1.165, 1.54) is 24.3 Å². The summed E-state index contributed by atoms with van der Waals surface area (Å²) in [5.41, 5.74) is 0.266. The molecule has 0 amide bonds. The van der Waals surface area contributed by atoms with Crippen molar-refractivity contribution in [3.05, 3.63) is 29.8 Å². The first-order valence-electron chi connectivity index (χ1n) is 6.17. The van der Waals surface area contributed by atoms with Crippen molar-refractivity contribution in [3.63, 3.8) is 0 Å². The van der Waals surface area contributed by atoms with Crippen LogP contribution >= 0.6 is 0 Å². The highest BCUT2D eigenvalue weighted by atomic mass is 32.2. The molecule has 1 fully saturated rings. The second kappa shape index (κ2) is 5.61. The summed E-state index contributed by atoms with van der Waals surface area (Å²) in [4.78, 5) is 10.9. The summed E-state index contributed by atoms with van der Waals surface area (Å²) in [6.07, 6.45) is 1.28. The van der Waals surface area contributed by atoms with Gasteiger partial charge in [0.2, 0.25) is 10.0 Å². The molecular weight excluding hydrogens is 280 g/mol. The van der Waals surface area contributed by atoms with Crippen LogP contribution in [-0.2, 0) is 14.8 Å². The summed E-state index contributed by atoms with van der Waals surface area (Å²) in [6, 6.07) is 7.25. The number of nitrogens with one attached hydrogen (secondary N) is 1. The average Bonchev–Trinajstić information content (AvgIpc) is 2.87. The van der Waals surface area contributed by atoms with E-state index in [9.17, 15) is 13.2 Å². The number of hydrogen-bond donors (Lipinski definition) is 2. The first-order chi connectivity index (χ1) is 9.42. The van der Waals surface area contributed by atoms with Gasteiger partial charge >= 0.3 is 5.97 Å². The first-order valence-corrected chi connectivity index (χ1v) is 7.66. The molecular formula is C13H14N2O4S. The fourth-order valence-corrected chi connectivity index (χ4v) is 3.66. The highest BCUT2D eigenvalue weighted by Gasteiger charge is 2.32. The molecule has 0 unspecified atom stereocenters. The van der Waals surface area contributed by atoms with E-state index in [1.54, 1.807) is 0 Å². The lowest BCUT2D eigenvalue weighted by atomic mass is 10.1. The molecule has 1 aliphatic carbocycles. The monoisotopic (exact) mass is 294 g/mol. The predicted molar refractivity (Wildman–Crippen MR) is 70.2 cm³/mol. The van der Waals surface area contributed by atoms with Crippen molar-refractivity contribution in [2.75, 3.05) is 0 Å². The highest BCUT2D eigenvalue weighted by Crippen LogP contribution is 2.27. The number of carbonyl (C=O) groups is 1. The summed E-state index contributed by atoms with van der Waals surface area (Å²) in [5, 5.41) is 17.7. The Morgan fingerprint density at radius 2 is 2.15 bits per heavy atom. The van der Waals surface area contributed by atoms with Gasteiger partial charge in [-0.3, -0.25) is 4.79 Å². The van der Waals surface area contributed by atoms with Gasteiger partial charge in [-0.1, -0.05) is 6.07 Å². The molecule has 1 saturated carbocycles. The maximum Gasteiger partial charge on any atom is 0.306 e. The summed E-state index contributed by atoms with van der Waals surface area (Å²) in [6.45, 7) is 0. The molecule has 0 heterocycles. The van der Waals surface area contributed by atoms with Crippen LogP contribution < -0.4 is 4.72 Å². The average molecular weight is 294 g/mol. The van der Waals surface area contributed by atoms with E-state index >= 15 is 0 Å². The van der Waals surface area contributed by atoms with Crippen LogP contribution in [-0.4, -0.2) is 25.5 Å². The molecule has 20 heavy (non-hydrogen) atoms. The lowest BCUT2D eigenvalue weighted by molar-refractivity contribution is -0.141. The van der Waals surface area contributed by atoms with Gasteiger partial charge < -0.3 is 5.11 Å². The van der Waals surface area contributed by atoms with E-state index in [0.29, 0.717) is 19.3 Å². The van der Waals surface area contributed by atoms with Crippen molar-refractivity contribution in [3.8, 4) is 6.07 Å². The number of nitriles is 1. The van der Waals surface area contributed by atoms with Gasteiger partial charge in [-0.05, 0) is 37.5 Å². The van der Waals surface area contributed by atoms with Crippen LogP contribution in [0.25, 0.3) is 0 Å². The van der Waals surface area contributed by atoms with Gasteiger partial charge in [-0.15, -0.1) is 0 Å². The third-order valence-electron chi connectivity index (χ3n) is 3.38. The standard InChI is InChI=1S/C13H14N2O4S/c14-8-9-2-1-3-12(6-9)20(18,19)15-11-5-4-10(7-11)13(16)17/h1-3,6,10-11,15H,4-5,7H2,(H,16,17)/t10-,11+/m1/s1. The van der Waals surface area contributed by atoms with E-state index in [-0.39, 0.29) is 16.5 Å². The van der Waals surface area contributed by atoms with E-state index in [4.69, 9.17) is 10.4 Å². The zero-order valence-corrected chi connectivity index (χ0v) is 11.4. The minimum absolute atomic E-state index is 0.0234. The maximum atomic E-state index is 12.2. The minimum atomic E-state index is -3.72. The molecule has 0 aromatic heterocycles. The summed E-state index contributed by atoms with van der Waals surface area (Å²) in [7, 11) is -3.72. The molecule has 1 aliphatic rings. The van der Waals surface area contributed by atoms with Crippen LogP contribution in [0.2, 0.25) is 0 Å². The number of rotatable bonds is 4. The van der Waals surface area contributed by atoms with Gasteiger partial charge in [0.1, 0.15) is 0 Å². The normalized spacial score (nSPS) is 22.4. The SMILES string of the molecule is N#Cc1cccc(S(=O)(=O)N[C@H]2CC[C@@H](C(=O)O)C2)c1. The number of hydrogen-bond acceptors (Lipinski definition) is 4. The molecule has 106 valence electrons. The quantitative estimate of drug-likeness (QED) is 0.864. The largest absolute Gasteiger partial charge is 0.481 e. The van der Waals surface area contributed by atoms with Crippen molar-refractivity contribution in [2.24, 2.45) is 5.92 Å². The molecule has 2 rings (SSSR count). The van der Waals surface area contributed by atoms with Crippen molar-refractivity contribution >= 4 is 16.0 Å². The zero-order valence-electron chi connectivity index (χ0n) is 10.6. The molecule has 0 bridgehead atoms. The number of sulfonamides is 1. The van der Waals surface area contributed by atoms with E-state index < -0.39 is 21.9 Å². The summed E-state index contributed by atoms with van der Waals surface area (Å²) in [5.74, 6) is -1.38. The Morgan fingerprint density at radius 1 is 1.40 bits per heavy atom. The number of carboxylic acid groups (broad SMARTS) is 1. The number of benzene rings is 1. The number of nitrogens with zero attached hydrogens (tertiary/aromatic N) is 1. The zero-order chi connectivity index (χ0) is 14.8. The van der Waals surface area contributed by atoms with Crippen molar-refractivity contribution in [2.45, 2.75) is 30.2 Å². The summed E-state index contributed by atoms with van der Waals surface area (Å²) >= 11 is 0. The fourth-order valence-electron chi connectivity index (χ4n) is 2.33. The molecule has 7 heteroatoms. The predicted octanol–water partition coefficient (Wildman–Crippen LogP) is 1.09. The van der Waals surface area contributed by atoms with Crippen LogP contribution in [0.1, 0.15) is 24.8 Å². The second-order valence-electron chi connectivity index (χ2n) is 4.81. The van der Waals surface area contributed by atoms with Crippen molar-refractivity contribution < 1.29 is 18.3 Å². The molecule has 0 saturated heterocycles. The van der Waals surface area contributed by atoms with Crippen LogP contribution in [0.3, 0.4) is 0 Å².